The van der Waals surface area contributed by atoms with E-state index in [4.69, 9.17) is 21.3 Å². The van der Waals surface area contributed by atoms with Gasteiger partial charge in [-0.25, -0.2) is 13.9 Å². The van der Waals surface area contributed by atoms with Crippen molar-refractivity contribution in [2.75, 3.05) is 31.1 Å². The van der Waals surface area contributed by atoms with Gasteiger partial charge in [-0.3, -0.25) is 9.89 Å². The first-order valence-corrected chi connectivity index (χ1v) is 13.3. The van der Waals surface area contributed by atoms with E-state index in [1.807, 2.05) is 36.0 Å². The Labute approximate surface area is 227 Å². The monoisotopic (exact) mass is 545 g/mol. The van der Waals surface area contributed by atoms with Gasteiger partial charge in [0, 0.05) is 37.0 Å². The van der Waals surface area contributed by atoms with Crippen LogP contribution in [-0.2, 0) is 0 Å². The Balaban J connectivity index is 1.04. The van der Waals surface area contributed by atoms with Crippen LogP contribution < -0.4 is 15.0 Å². The Morgan fingerprint density at radius 3 is 2.82 bits per heavy atom. The van der Waals surface area contributed by atoms with Crippen molar-refractivity contribution in [1.82, 2.24) is 30.1 Å². The number of piperidine rings is 1. The van der Waals surface area contributed by atoms with E-state index in [9.17, 15) is 9.18 Å². The Bertz CT molecular complexity index is 1680. The average Bonchev–Trinajstić information content (AvgIpc) is 3.32. The van der Waals surface area contributed by atoms with Crippen LogP contribution in [0.2, 0.25) is 5.02 Å². The first kappa shape index (κ1) is 23.9. The van der Waals surface area contributed by atoms with Gasteiger partial charge < -0.3 is 15.0 Å². The lowest BCUT2D eigenvalue weighted by molar-refractivity contribution is 0.0946. The van der Waals surface area contributed by atoms with E-state index in [1.54, 1.807) is 6.20 Å². The smallest absolute Gasteiger partial charge is 0.255 e. The molecule has 1 unspecified atom stereocenters. The van der Waals surface area contributed by atoms with Crippen LogP contribution in [-0.4, -0.2) is 56.9 Å². The number of nitrogens with one attached hydrogen (secondary N) is 2. The predicted octanol–water partition coefficient (Wildman–Crippen LogP) is 4.58. The van der Waals surface area contributed by atoms with Crippen LogP contribution in [0.25, 0.3) is 27.7 Å². The topological polar surface area (TPSA) is 100 Å². The molecule has 1 saturated heterocycles. The van der Waals surface area contributed by atoms with Gasteiger partial charge in [0.15, 0.2) is 5.65 Å². The minimum Gasteiger partial charge on any atom is -0.492 e. The highest BCUT2D eigenvalue weighted by atomic mass is 35.5. The van der Waals surface area contributed by atoms with Crippen molar-refractivity contribution in [2.45, 2.75) is 6.92 Å². The van der Waals surface area contributed by atoms with Crippen molar-refractivity contribution in [1.29, 1.82) is 0 Å². The molecule has 4 aromatic heterocycles. The molecule has 0 spiro atoms. The summed E-state index contributed by atoms with van der Waals surface area (Å²) in [7, 11) is 0. The second-order valence-corrected chi connectivity index (χ2v) is 10.5. The number of H-pyrrole nitrogens is 1. The number of carbonyl (C=O) groups is 1. The van der Waals surface area contributed by atoms with Crippen molar-refractivity contribution >= 4 is 39.9 Å². The summed E-state index contributed by atoms with van der Waals surface area (Å²) in [6.45, 7) is 4.77. The molecule has 5 heterocycles. The molecule has 7 rings (SSSR count). The van der Waals surface area contributed by atoms with Crippen LogP contribution in [0.4, 0.5) is 10.2 Å². The van der Waals surface area contributed by atoms with E-state index in [1.165, 1.54) is 18.2 Å². The number of hydrogen-bond acceptors (Lipinski definition) is 6. The number of pyridine rings is 2. The Morgan fingerprint density at radius 1 is 1.23 bits per heavy atom. The minimum absolute atomic E-state index is 0.0932. The van der Waals surface area contributed by atoms with Crippen molar-refractivity contribution in [3.8, 4) is 16.9 Å². The zero-order valence-electron chi connectivity index (χ0n) is 21.1. The number of benzene rings is 1. The molecular formula is C28H25ClFN7O2. The zero-order valence-corrected chi connectivity index (χ0v) is 21.8. The third-order valence-corrected chi connectivity index (χ3v) is 8.17. The lowest BCUT2D eigenvalue weighted by atomic mass is 10.1. The van der Waals surface area contributed by atoms with E-state index in [0.717, 1.165) is 46.7 Å². The van der Waals surface area contributed by atoms with Crippen LogP contribution >= 0.6 is 11.6 Å². The summed E-state index contributed by atoms with van der Waals surface area (Å²) in [5.74, 6) is 1.92. The molecule has 1 saturated carbocycles. The van der Waals surface area contributed by atoms with Crippen LogP contribution in [0, 0.1) is 23.6 Å². The van der Waals surface area contributed by atoms with Crippen molar-refractivity contribution in [2.24, 2.45) is 17.8 Å². The average molecular weight is 546 g/mol. The molecule has 9 nitrogen and oxygen atoms in total. The van der Waals surface area contributed by atoms with Gasteiger partial charge in [0.2, 0.25) is 0 Å². The summed E-state index contributed by atoms with van der Waals surface area (Å²) in [5, 5.41) is 15.6. The molecule has 1 aliphatic heterocycles. The van der Waals surface area contributed by atoms with E-state index in [2.05, 4.69) is 31.6 Å². The number of ether oxygens (including phenoxy) is 1. The molecule has 1 aliphatic carbocycles. The molecule has 11 heteroatoms. The second kappa shape index (κ2) is 9.23. The number of rotatable bonds is 7. The van der Waals surface area contributed by atoms with Gasteiger partial charge in [-0.05, 0) is 55.0 Å². The molecular weight excluding hydrogens is 521 g/mol. The fraction of sp³-hybridized carbons (Fsp3) is 0.286. The summed E-state index contributed by atoms with van der Waals surface area (Å²) < 4.78 is 21.7. The van der Waals surface area contributed by atoms with Crippen LogP contribution in [0.1, 0.15) is 17.3 Å². The molecule has 198 valence electrons. The Morgan fingerprint density at radius 2 is 2.08 bits per heavy atom. The van der Waals surface area contributed by atoms with E-state index < -0.39 is 11.7 Å². The van der Waals surface area contributed by atoms with Crippen LogP contribution in [0.5, 0.6) is 5.75 Å². The summed E-state index contributed by atoms with van der Waals surface area (Å²) in [6, 6.07) is 10.4. The zero-order chi connectivity index (χ0) is 26.7. The maximum absolute atomic E-state index is 14.0. The first-order chi connectivity index (χ1) is 19.0. The van der Waals surface area contributed by atoms with Gasteiger partial charge in [0.25, 0.3) is 5.91 Å². The van der Waals surface area contributed by atoms with Gasteiger partial charge in [0.1, 0.15) is 17.4 Å². The normalized spacial score (nSPS) is 20.0. The highest BCUT2D eigenvalue weighted by Crippen LogP contribution is 2.52. The SMILES string of the molecule is CCOc1cc(-c2ccc(N3C[C@@H]4C(CNC(=O)c5c(F)cccc5Cl)[C@@H]4C3)nc2)c2c3cn[nH]c3nn2c1. The fourth-order valence-corrected chi connectivity index (χ4v) is 6.14. The number of fused-ring (bicyclic) bond motifs is 4. The maximum atomic E-state index is 14.0. The number of aromatic amines is 1. The number of amides is 1. The number of aromatic nitrogens is 5. The molecule has 2 fully saturated rings. The number of halogens is 2. The lowest BCUT2D eigenvalue weighted by Crippen LogP contribution is -2.31. The third kappa shape index (κ3) is 4.06. The van der Waals surface area contributed by atoms with Crippen molar-refractivity contribution in [3.63, 3.8) is 0 Å². The molecule has 39 heavy (non-hydrogen) atoms. The van der Waals surface area contributed by atoms with Gasteiger partial charge in [-0.1, -0.05) is 17.7 Å². The second-order valence-electron chi connectivity index (χ2n) is 10.1. The van der Waals surface area contributed by atoms with E-state index in [-0.39, 0.29) is 10.6 Å². The van der Waals surface area contributed by atoms with Gasteiger partial charge in [-0.2, -0.15) is 5.10 Å². The van der Waals surface area contributed by atoms with Gasteiger partial charge >= 0.3 is 0 Å². The molecule has 3 atom stereocenters. The highest BCUT2D eigenvalue weighted by molar-refractivity contribution is 6.33. The molecule has 1 amide bonds. The number of hydrogen-bond donors (Lipinski definition) is 2. The summed E-state index contributed by atoms with van der Waals surface area (Å²) in [5.41, 5.74) is 3.50. The van der Waals surface area contributed by atoms with Crippen LogP contribution in [0.15, 0.2) is 55.0 Å². The molecule has 1 aromatic carbocycles. The summed E-state index contributed by atoms with van der Waals surface area (Å²) >= 11 is 6.02. The number of nitrogens with zero attached hydrogens (tertiary/aromatic N) is 5. The molecule has 2 N–H and O–H groups in total. The predicted molar refractivity (Wildman–Crippen MR) is 146 cm³/mol. The van der Waals surface area contributed by atoms with E-state index >= 15 is 0 Å². The standard InChI is InChI=1S/C28H25ClFN7O2/c1-2-39-16-8-17(26-19-11-33-34-27(19)35-37(26)12-16)15-6-7-24(31-9-15)36-13-20-18(21(20)14-36)10-32-28(38)25-22(29)4-3-5-23(25)30/h3-9,11-12,18,20-21H,2,10,13-14H2,1H3,(H,32,38)(H,34,35)/t18?,20-,21+. The molecule has 5 aromatic rings. The first-order valence-electron chi connectivity index (χ1n) is 12.9. The van der Waals surface area contributed by atoms with Gasteiger partial charge in [0.05, 0.1) is 40.5 Å². The molecule has 2 aliphatic rings. The minimum atomic E-state index is -0.607. The fourth-order valence-electron chi connectivity index (χ4n) is 5.89. The maximum Gasteiger partial charge on any atom is 0.255 e. The molecule has 0 bridgehead atoms. The molecule has 0 radical (unpaired) electrons. The van der Waals surface area contributed by atoms with Crippen molar-refractivity contribution in [3.05, 3.63) is 71.4 Å². The number of anilines is 1. The Kier molecular flexibility index (Phi) is 5.66. The van der Waals surface area contributed by atoms with E-state index in [0.29, 0.717) is 36.6 Å². The highest BCUT2D eigenvalue weighted by Gasteiger charge is 2.55. The number of carbonyl (C=O) groups excluding carboxylic acids is 1. The summed E-state index contributed by atoms with van der Waals surface area (Å²) in [6.07, 6.45) is 5.54. The quantitative estimate of drug-likeness (QED) is 0.311. The third-order valence-electron chi connectivity index (χ3n) is 7.86. The Hall–Kier alpha value is -4.18. The largest absolute Gasteiger partial charge is 0.492 e. The van der Waals surface area contributed by atoms with Crippen molar-refractivity contribution < 1.29 is 13.9 Å². The summed E-state index contributed by atoms with van der Waals surface area (Å²) in [4.78, 5) is 19.6. The lowest BCUT2D eigenvalue weighted by Gasteiger charge is -2.21. The van der Waals surface area contributed by atoms with Gasteiger partial charge in [-0.15, -0.1) is 5.10 Å². The van der Waals surface area contributed by atoms with Crippen LogP contribution in [0.3, 0.4) is 0 Å².